The Morgan fingerprint density at radius 1 is 1.43 bits per heavy atom. The van der Waals surface area contributed by atoms with Crippen LogP contribution in [-0.2, 0) is 20.7 Å². The molecule has 0 radical (unpaired) electrons. The SMILES string of the molecule is CC(=O)OCC(=O)NCCCCc1csc(N=C(N)N)n1. The minimum Gasteiger partial charge on any atom is -0.456 e. The predicted octanol–water partition coefficient (Wildman–Crippen LogP) is 0.0500. The third-order valence-electron chi connectivity index (χ3n) is 2.35. The quantitative estimate of drug-likeness (QED) is 0.269. The number of nitrogens with zero attached hydrogens (tertiary/aromatic N) is 2. The van der Waals surface area contributed by atoms with E-state index >= 15 is 0 Å². The predicted molar refractivity (Wildman–Crippen MR) is 80.2 cm³/mol. The van der Waals surface area contributed by atoms with Crippen LogP contribution < -0.4 is 16.8 Å². The molecule has 0 saturated heterocycles. The molecule has 0 aromatic carbocycles. The summed E-state index contributed by atoms with van der Waals surface area (Å²) in [6.07, 6.45) is 2.47. The van der Waals surface area contributed by atoms with Crippen molar-refractivity contribution >= 4 is 34.3 Å². The Hall–Kier alpha value is -2.16. The van der Waals surface area contributed by atoms with E-state index in [0.29, 0.717) is 11.7 Å². The van der Waals surface area contributed by atoms with Crippen molar-refractivity contribution in [2.24, 2.45) is 16.5 Å². The number of nitrogens with two attached hydrogens (primary N) is 2. The third-order valence-corrected chi connectivity index (χ3v) is 3.14. The molecule has 0 bridgehead atoms. The van der Waals surface area contributed by atoms with Crippen LogP contribution in [0.1, 0.15) is 25.5 Å². The van der Waals surface area contributed by atoms with Gasteiger partial charge in [0.15, 0.2) is 12.6 Å². The fraction of sp³-hybridized carbons (Fsp3) is 0.500. The molecule has 5 N–H and O–H groups in total. The number of thiazole rings is 1. The van der Waals surface area contributed by atoms with Gasteiger partial charge in [-0.05, 0) is 19.3 Å². The summed E-state index contributed by atoms with van der Waals surface area (Å²) < 4.78 is 4.57. The second-order valence-electron chi connectivity index (χ2n) is 4.25. The summed E-state index contributed by atoms with van der Waals surface area (Å²) in [5.74, 6) is -0.773. The second kappa shape index (κ2) is 8.90. The van der Waals surface area contributed by atoms with Crippen molar-refractivity contribution in [1.82, 2.24) is 10.3 Å². The summed E-state index contributed by atoms with van der Waals surface area (Å²) >= 11 is 1.38. The highest BCUT2D eigenvalue weighted by Gasteiger charge is 2.04. The van der Waals surface area contributed by atoms with Crippen molar-refractivity contribution in [2.45, 2.75) is 26.2 Å². The van der Waals surface area contributed by atoms with Gasteiger partial charge in [-0.15, -0.1) is 11.3 Å². The lowest BCUT2D eigenvalue weighted by molar-refractivity contribution is -0.146. The van der Waals surface area contributed by atoms with Crippen molar-refractivity contribution < 1.29 is 14.3 Å². The molecule has 1 rings (SSSR count). The van der Waals surface area contributed by atoms with Gasteiger partial charge in [0.1, 0.15) is 0 Å². The van der Waals surface area contributed by atoms with Gasteiger partial charge in [0, 0.05) is 18.8 Å². The molecule has 21 heavy (non-hydrogen) atoms. The van der Waals surface area contributed by atoms with Crippen molar-refractivity contribution in [3.63, 3.8) is 0 Å². The monoisotopic (exact) mass is 313 g/mol. The third kappa shape index (κ3) is 7.88. The maximum Gasteiger partial charge on any atom is 0.303 e. The summed E-state index contributed by atoms with van der Waals surface area (Å²) in [6.45, 7) is 1.56. The van der Waals surface area contributed by atoms with Crippen LogP contribution in [0, 0.1) is 0 Å². The Morgan fingerprint density at radius 3 is 2.86 bits per heavy atom. The van der Waals surface area contributed by atoms with Gasteiger partial charge in [-0.1, -0.05) is 0 Å². The first-order valence-corrected chi connectivity index (χ1v) is 7.29. The number of aromatic nitrogens is 1. The fourth-order valence-corrected chi connectivity index (χ4v) is 2.19. The van der Waals surface area contributed by atoms with Gasteiger partial charge in [0.25, 0.3) is 5.91 Å². The summed E-state index contributed by atoms with van der Waals surface area (Å²) in [4.78, 5) is 29.9. The second-order valence-corrected chi connectivity index (χ2v) is 5.08. The van der Waals surface area contributed by atoms with E-state index in [4.69, 9.17) is 11.5 Å². The van der Waals surface area contributed by atoms with E-state index in [1.165, 1.54) is 18.3 Å². The Labute approximate surface area is 126 Å². The molecule has 0 spiro atoms. The maximum atomic E-state index is 11.2. The van der Waals surface area contributed by atoms with E-state index in [1.54, 1.807) is 0 Å². The molecule has 1 aromatic rings. The number of hydrogen-bond acceptors (Lipinski definition) is 6. The molecule has 0 fully saturated rings. The number of carbonyl (C=O) groups is 2. The zero-order chi connectivity index (χ0) is 15.7. The number of nitrogens with one attached hydrogen (secondary N) is 1. The van der Waals surface area contributed by atoms with Crippen LogP contribution in [0.2, 0.25) is 0 Å². The first kappa shape index (κ1) is 16.9. The minimum atomic E-state index is -0.467. The molecule has 1 amide bonds. The number of esters is 1. The topological polar surface area (TPSA) is 133 Å². The van der Waals surface area contributed by atoms with Gasteiger partial charge in [-0.2, -0.15) is 4.99 Å². The lowest BCUT2D eigenvalue weighted by atomic mass is 10.2. The van der Waals surface area contributed by atoms with Gasteiger partial charge in [0.2, 0.25) is 5.13 Å². The summed E-state index contributed by atoms with van der Waals surface area (Å²) in [5.41, 5.74) is 11.5. The number of aliphatic imine (C=N–C) groups is 1. The van der Waals surface area contributed by atoms with E-state index in [0.717, 1.165) is 25.0 Å². The van der Waals surface area contributed by atoms with E-state index in [-0.39, 0.29) is 18.5 Å². The lowest BCUT2D eigenvalue weighted by Gasteiger charge is -2.04. The van der Waals surface area contributed by atoms with Crippen LogP contribution in [-0.4, -0.2) is 36.0 Å². The van der Waals surface area contributed by atoms with E-state index < -0.39 is 5.97 Å². The number of unbranched alkanes of at least 4 members (excludes halogenated alkanes) is 1. The van der Waals surface area contributed by atoms with Gasteiger partial charge in [-0.3, -0.25) is 9.59 Å². The molecule has 0 saturated carbocycles. The highest BCUT2D eigenvalue weighted by molar-refractivity contribution is 7.13. The molecule has 9 heteroatoms. The van der Waals surface area contributed by atoms with Crippen molar-refractivity contribution in [3.8, 4) is 0 Å². The average Bonchev–Trinajstić information content (AvgIpc) is 2.82. The number of amides is 1. The Balaban J connectivity index is 2.14. The van der Waals surface area contributed by atoms with Gasteiger partial charge in [-0.25, -0.2) is 4.98 Å². The zero-order valence-electron chi connectivity index (χ0n) is 11.8. The molecular weight excluding hydrogens is 294 g/mol. The highest BCUT2D eigenvalue weighted by Crippen LogP contribution is 2.19. The van der Waals surface area contributed by atoms with Gasteiger partial charge in [0.05, 0.1) is 5.69 Å². The van der Waals surface area contributed by atoms with Crippen LogP contribution >= 0.6 is 11.3 Å². The van der Waals surface area contributed by atoms with Crippen LogP contribution in [0.25, 0.3) is 0 Å². The minimum absolute atomic E-state index is 0.00797. The molecule has 0 aliphatic rings. The Kier molecular flexibility index (Phi) is 7.16. The summed E-state index contributed by atoms with van der Waals surface area (Å²) in [5, 5.41) is 5.11. The van der Waals surface area contributed by atoms with E-state index in [1.807, 2.05) is 5.38 Å². The smallest absolute Gasteiger partial charge is 0.303 e. The largest absolute Gasteiger partial charge is 0.456 e. The van der Waals surface area contributed by atoms with Crippen molar-refractivity contribution in [1.29, 1.82) is 0 Å². The molecule has 8 nitrogen and oxygen atoms in total. The first-order valence-electron chi connectivity index (χ1n) is 6.41. The van der Waals surface area contributed by atoms with Crippen LogP contribution in [0.4, 0.5) is 5.13 Å². The zero-order valence-corrected chi connectivity index (χ0v) is 12.6. The number of rotatable bonds is 8. The van der Waals surface area contributed by atoms with Crippen LogP contribution in [0.15, 0.2) is 10.4 Å². The summed E-state index contributed by atoms with van der Waals surface area (Å²) in [7, 11) is 0. The molecule has 1 aromatic heterocycles. The van der Waals surface area contributed by atoms with Crippen molar-refractivity contribution in [2.75, 3.05) is 13.2 Å². The number of hydrogen-bond donors (Lipinski definition) is 3. The van der Waals surface area contributed by atoms with Crippen molar-refractivity contribution in [3.05, 3.63) is 11.1 Å². The van der Waals surface area contributed by atoms with E-state index in [9.17, 15) is 9.59 Å². The normalized spacial score (nSPS) is 9.95. The van der Waals surface area contributed by atoms with Gasteiger partial charge < -0.3 is 21.5 Å². The number of aryl methyl sites for hydroxylation is 1. The molecular formula is C12H19N5O3S. The molecule has 0 unspecified atom stereocenters. The van der Waals surface area contributed by atoms with E-state index in [2.05, 4.69) is 20.0 Å². The summed E-state index contributed by atoms with van der Waals surface area (Å²) in [6, 6.07) is 0. The number of ether oxygens (including phenoxy) is 1. The lowest BCUT2D eigenvalue weighted by Crippen LogP contribution is -2.29. The van der Waals surface area contributed by atoms with Crippen LogP contribution in [0.5, 0.6) is 0 Å². The van der Waals surface area contributed by atoms with Gasteiger partial charge >= 0.3 is 5.97 Å². The average molecular weight is 313 g/mol. The number of carbonyl (C=O) groups excluding carboxylic acids is 2. The molecule has 1 heterocycles. The Morgan fingerprint density at radius 2 is 2.19 bits per heavy atom. The molecule has 0 atom stereocenters. The fourth-order valence-electron chi connectivity index (χ4n) is 1.45. The molecule has 0 aliphatic carbocycles. The molecule has 0 aliphatic heterocycles. The van der Waals surface area contributed by atoms with Crippen LogP contribution in [0.3, 0.4) is 0 Å². The number of guanidine groups is 1. The molecule has 116 valence electrons. The standard InChI is InChI=1S/C12H19N5O3S/c1-8(18)20-6-10(19)15-5-3-2-4-9-7-21-12(16-9)17-11(13)14/h7H,2-6H2,1H3,(H,15,19)(H4,13,14,16,17). The maximum absolute atomic E-state index is 11.2. The highest BCUT2D eigenvalue weighted by atomic mass is 32.1. The first-order chi connectivity index (χ1) is 9.97. The Bertz CT molecular complexity index is 511.